The average molecular weight is 470 g/mol. The fourth-order valence-electron chi connectivity index (χ4n) is 4.37. The van der Waals surface area contributed by atoms with Crippen molar-refractivity contribution in [3.05, 3.63) is 28.8 Å². The molecule has 31 heavy (non-hydrogen) atoms. The van der Waals surface area contributed by atoms with Gasteiger partial charge in [0.05, 0.1) is 5.02 Å². The molecule has 1 aromatic rings. The molecule has 1 atom stereocenters. The number of rotatable bonds is 4. The van der Waals surface area contributed by atoms with Crippen LogP contribution >= 0.6 is 11.6 Å². The van der Waals surface area contributed by atoms with Crippen molar-refractivity contribution in [3.8, 4) is 0 Å². The van der Waals surface area contributed by atoms with E-state index in [1.54, 1.807) is 15.9 Å². The first-order valence-electron chi connectivity index (χ1n) is 10.9. The largest absolute Gasteiger partial charge is 0.368 e. The van der Waals surface area contributed by atoms with Gasteiger partial charge in [-0.05, 0) is 43.9 Å². The van der Waals surface area contributed by atoms with Gasteiger partial charge in [-0.15, -0.1) is 0 Å². The highest BCUT2D eigenvalue weighted by Gasteiger charge is 2.33. The fraction of sp³-hybridized carbons (Fsp3) is 0.619. The normalized spacial score (nSPS) is 23.2. The zero-order valence-corrected chi connectivity index (χ0v) is 19.0. The van der Waals surface area contributed by atoms with Crippen LogP contribution in [0, 0.1) is 0 Å². The number of hydrogen-bond donors (Lipinski definition) is 0. The third-order valence-corrected chi connectivity index (χ3v) is 8.57. The highest BCUT2D eigenvalue weighted by Crippen LogP contribution is 2.28. The van der Waals surface area contributed by atoms with Gasteiger partial charge in [0.15, 0.2) is 0 Å². The number of nitrogens with zero attached hydrogens (tertiary/aromatic N) is 3. The Balaban J connectivity index is 1.44. The maximum Gasteiger partial charge on any atom is 0.254 e. The molecule has 0 aromatic heterocycles. The predicted octanol–water partition coefficient (Wildman–Crippen LogP) is 1.98. The second-order valence-electron chi connectivity index (χ2n) is 8.23. The van der Waals surface area contributed by atoms with Gasteiger partial charge in [-0.2, -0.15) is 4.31 Å². The van der Waals surface area contributed by atoms with E-state index < -0.39 is 10.0 Å². The minimum absolute atomic E-state index is 0.00833. The second-order valence-corrected chi connectivity index (χ2v) is 10.5. The van der Waals surface area contributed by atoms with E-state index in [1.165, 1.54) is 16.4 Å². The van der Waals surface area contributed by atoms with Gasteiger partial charge in [-0.25, -0.2) is 8.42 Å². The Morgan fingerprint density at radius 3 is 2.26 bits per heavy atom. The second kappa shape index (κ2) is 9.44. The summed E-state index contributed by atoms with van der Waals surface area (Å²) in [6.07, 6.45) is 3.94. The van der Waals surface area contributed by atoms with Crippen molar-refractivity contribution in [2.75, 3.05) is 45.9 Å². The first-order chi connectivity index (χ1) is 14.9. The van der Waals surface area contributed by atoms with Gasteiger partial charge in [0.1, 0.15) is 11.0 Å². The van der Waals surface area contributed by atoms with E-state index >= 15 is 0 Å². The quantitative estimate of drug-likeness (QED) is 0.672. The van der Waals surface area contributed by atoms with Crippen molar-refractivity contribution in [2.24, 2.45) is 0 Å². The maximum atomic E-state index is 13.1. The highest BCUT2D eigenvalue weighted by molar-refractivity contribution is 7.89. The molecule has 1 unspecified atom stereocenters. The molecule has 0 bridgehead atoms. The molecular weight excluding hydrogens is 442 g/mol. The lowest BCUT2D eigenvalue weighted by Crippen LogP contribution is -2.52. The summed E-state index contributed by atoms with van der Waals surface area (Å²) in [5.41, 5.74) is 0.291. The summed E-state index contributed by atoms with van der Waals surface area (Å²) in [7, 11) is -3.75. The topological polar surface area (TPSA) is 87.2 Å². The Bertz CT molecular complexity index is 934. The van der Waals surface area contributed by atoms with E-state index in [4.69, 9.17) is 16.3 Å². The van der Waals surface area contributed by atoms with Gasteiger partial charge in [-0.3, -0.25) is 9.59 Å². The minimum atomic E-state index is -3.75. The molecule has 170 valence electrons. The van der Waals surface area contributed by atoms with E-state index in [9.17, 15) is 18.0 Å². The zero-order valence-electron chi connectivity index (χ0n) is 17.5. The number of benzene rings is 1. The molecule has 0 radical (unpaired) electrons. The van der Waals surface area contributed by atoms with Crippen molar-refractivity contribution < 1.29 is 22.7 Å². The van der Waals surface area contributed by atoms with Gasteiger partial charge in [0.25, 0.3) is 11.8 Å². The molecule has 0 saturated carbocycles. The summed E-state index contributed by atoms with van der Waals surface area (Å²) in [4.78, 5) is 28.9. The van der Waals surface area contributed by atoms with Crippen molar-refractivity contribution in [1.82, 2.24) is 14.1 Å². The summed E-state index contributed by atoms with van der Waals surface area (Å²) < 4.78 is 33.0. The van der Waals surface area contributed by atoms with Crippen LogP contribution in [0.2, 0.25) is 5.02 Å². The molecule has 4 rings (SSSR count). The molecule has 1 aromatic carbocycles. The molecular formula is C21H28ClN3O5S. The van der Waals surface area contributed by atoms with Crippen LogP contribution in [0.3, 0.4) is 0 Å². The lowest BCUT2D eigenvalue weighted by Gasteiger charge is -2.35. The third-order valence-electron chi connectivity index (χ3n) is 6.19. The Labute approximate surface area is 188 Å². The highest BCUT2D eigenvalue weighted by atomic mass is 35.5. The fourth-order valence-corrected chi connectivity index (χ4v) is 6.38. The number of sulfonamides is 1. The van der Waals surface area contributed by atoms with Gasteiger partial charge in [0.2, 0.25) is 10.0 Å². The Morgan fingerprint density at radius 2 is 1.61 bits per heavy atom. The van der Waals surface area contributed by atoms with Crippen molar-refractivity contribution in [2.45, 2.75) is 43.1 Å². The van der Waals surface area contributed by atoms with Crippen LogP contribution in [0.1, 0.15) is 42.5 Å². The molecule has 2 amide bonds. The predicted molar refractivity (Wildman–Crippen MR) is 116 cm³/mol. The molecule has 8 nitrogen and oxygen atoms in total. The number of carbonyl (C=O) groups is 2. The molecule has 3 heterocycles. The van der Waals surface area contributed by atoms with Gasteiger partial charge < -0.3 is 14.5 Å². The summed E-state index contributed by atoms with van der Waals surface area (Å²) in [6, 6.07) is 4.42. The van der Waals surface area contributed by atoms with Crippen molar-refractivity contribution >= 4 is 33.4 Å². The maximum absolute atomic E-state index is 13.1. The number of amides is 2. The van der Waals surface area contributed by atoms with Crippen LogP contribution in [0.4, 0.5) is 0 Å². The number of carbonyl (C=O) groups excluding carboxylic acids is 2. The molecule has 0 aliphatic carbocycles. The van der Waals surface area contributed by atoms with Crippen molar-refractivity contribution in [3.63, 3.8) is 0 Å². The molecule has 0 N–H and O–H groups in total. The van der Waals surface area contributed by atoms with Crippen LogP contribution in [0.25, 0.3) is 0 Å². The number of hydrogen-bond acceptors (Lipinski definition) is 5. The molecule has 3 fully saturated rings. The Hall–Kier alpha value is -1.68. The number of piperazine rings is 1. The summed E-state index contributed by atoms with van der Waals surface area (Å²) in [5, 5.41) is 0.120. The standard InChI is InChI=1S/C21H28ClN3O5S/c22-17-7-6-16(15-19(17)31(28,29)25-8-2-1-3-9-25)20(26)23-10-12-24(13-11-23)21(27)18-5-4-14-30-18/h6-7,15,18H,1-5,8-14H2. The molecule has 3 aliphatic heterocycles. The van der Waals surface area contributed by atoms with Gasteiger partial charge in [-0.1, -0.05) is 18.0 Å². The molecule has 3 aliphatic rings. The Morgan fingerprint density at radius 1 is 0.935 bits per heavy atom. The number of halogens is 1. The minimum Gasteiger partial charge on any atom is -0.368 e. The van der Waals surface area contributed by atoms with Crippen LogP contribution in [0.15, 0.2) is 23.1 Å². The third kappa shape index (κ3) is 4.74. The lowest BCUT2D eigenvalue weighted by atomic mass is 10.1. The first-order valence-corrected chi connectivity index (χ1v) is 12.7. The van der Waals surface area contributed by atoms with Crippen LogP contribution in [-0.4, -0.2) is 86.3 Å². The molecule has 0 spiro atoms. The smallest absolute Gasteiger partial charge is 0.254 e. The number of ether oxygens (including phenoxy) is 1. The Kier molecular flexibility index (Phi) is 6.86. The molecule has 10 heteroatoms. The van der Waals surface area contributed by atoms with Crippen LogP contribution in [-0.2, 0) is 19.6 Å². The van der Waals surface area contributed by atoms with Crippen molar-refractivity contribution in [1.29, 1.82) is 0 Å². The monoisotopic (exact) mass is 469 g/mol. The van der Waals surface area contributed by atoms with Gasteiger partial charge in [0, 0.05) is 51.4 Å². The summed E-state index contributed by atoms with van der Waals surface area (Å²) >= 11 is 6.22. The van der Waals surface area contributed by atoms with Gasteiger partial charge >= 0.3 is 0 Å². The zero-order chi connectivity index (χ0) is 22.0. The van der Waals surface area contributed by atoms with Crippen LogP contribution < -0.4 is 0 Å². The van der Waals surface area contributed by atoms with E-state index in [2.05, 4.69) is 0 Å². The molecule has 3 saturated heterocycles. The summed E-state index contributed by atoms with van der Waals surface area (Å²) in [5.74, 6) is -0.262. The van der Waals surface area contributed by atoms with E-state index in [0.717, 1.165) is 32.1 Å². The van der Waals surface area contributed by atoms with E-state index in [1.807, 2.05) is 0 Å². The van der Waals surface area contributed by atoms with E-state index in [-0.39, 0.29) is 27.8 Å². The summed E-state index contributed by atoms with van der Waals surface area (Å²) in [6.45, 7) is 3.24. The average Bonchev–Trinajstić information content (AvgIpc) is 3.34. The lowest BCUT2D eigenvalue weighted by molar-refractivity contribution is -0.142. The number of piperidine rings is 1. The van der Waals surface area contributed by atoms with Crippen LogP contribution in [0.5, 0.6) is 0 Å². The SMILES string of the molecule is O=C(c1ccc(Cl)c(S(=O)(=O)N2CCCCC2)c1)N1CCN(C(=O)C2CCCO2)CC1. The first kappa shape index (κ1) is 22.5. The van der Waals surface area contributed by atoms with E-state index in [0.29, 0.717) is 51.4 Å².